The highest BCUT2D eigenvalue weighted by Gasteiger charge is 2.34. The summed E-state index contributed by atoms with van der Waals surface area (Å²) in [5.41, 5.74) is 0.916. The molecule has 2 amide bonds. The summed E-state index contributed by atoms with van der Waals surface area (Å²) in [6.45, 7) is 5.16. The maximum atomic E-state index is 14.1. The van der Waals surface area contributed by atoms with Gasteiger partial charge in [0, 0.05) is 12.6 Å². The van der Waals surface area contributed by atoms with Crippen LogP contribution in [0.15, 0.2) is 77.7 Å². The van der Waals surface area contributed by atoms with Crippen LogP contribution in [0.25, 0.3) is 0 Å². The Labute approximate surface area is 252 Å². The molecule has 3 rings (SSSR count). The normalized spacial score (nSPS) is 12.7. The van der Waals surface area contributed by atoms with Crippen LogP contribution >= 0.6 is 23.2 Å². The molecule has 0 aromatic heterocycles. The fraction of sp³-hybridized carbons (Fsp3) is 0.333. The molecule has 3 aromatic rings. The van der Waals surface area contributed by atoms with Crippen LogP contribution in [0, 0.1) is 0 Å². The lowest BCUT2D eigenvalue weighted by molar-refractivity contribution is -0.140. The zero-order valence-electron chi connectivity index (χ0n) is 23.5. The second-order valence-electron chi connectivity index (χ2n) is 9.53. The van der Waals surface area contributed by atoms with Gasteiger partial charge in [-0.25, -0.2) is 8.42 Å². The van der Waals surface area contributed by atoms with Crippen molar-refractivity contribution >= 4 is 50.7 Å². The van der Waals surface area contributed by atoms with E-state index in [1.54, 1.807) is 49.6 Å². The molecule has 0 aliphatic heterocycles. The standard InChI is InChI=1S/C30H35Cl2N3O5S/c1-5-21(3)33-30(37)28(6-2)34(19-22-12-15-24(40-4)16-13-22)29(36)20-35(23-14-17-26(31)27(32)18-23)41(38,39)25-10-8-7-9-11-25/h7-18,21,28H,5-6,19-20H2,1-4H3,(H,33,37)/t21-,28+/m1/s1. The molecule has 0 spiro atoms. The van der Waals surface area contributed by atoms with Crippen LogP contribution in [0.1, 0.15) is 39.2 Å². The van der Waals surface area contributed by atoms with E-state index in [0.29, 0.717) is 12.2 Å². The molecule has 0 saturated carbocycles. The Kier molecular flexibility index (Phi) is 11.5. The van der Waals surface area contributed by atoms with E-state index in [9.17, 15) is 18.0 Å². The Bertz CT molecular complexity index is 1440. The number of hydrogen-bond donors (Lipinski definition) is 1. The van der Waals surface area contributed by atoms with Gasteiger partial charge in [-0.1, -0.05) is 67.4 Å². The van der Waals surface area contributed by atoms with E-state index < -0.39 is 28.5 Å². The number of benzene rings is 3. The molecule has 41 heavy (non-hydrogen) atoms. The summed E-state index contributed by atoms with van der Waals surface area (Å²) in [5.74, 6) is -0.221. The summed E-state index contributed by atoms with van der Waals surface area (Å²) < 4.78 is 34.0. The van der Waals surface area contributed by atoms with E-state index in [-0.39, 0.29) is 39.1 Å². The topological polar surface area (TPSA) is 96.0 Å². The van der Waals surface area contributed by atoms with E-state index in [4.69, 9.17) is 27.9 Å². The van der Waals surface area contributed by atoms with E-state index in [1.165, 1.54) is 35.2 Å². The highest BCUT2D eigenvalue weighted by atomic mass is 35.5. The van der Waals surface area contributed by atoms with Gasteiger partial charge in [-0.2, -0.15) is 0 Å². The molecule has 0 aliphatic carbocycles. The van der Waals surface area contributed by atoms with Crippen molar-refractivity contribution in [1.82, 2.24) is 10.2 Å². The second kappa shape index (κ2) is 14.6. The first-order valence-corrected chi connectivity index (χ1v) is 15.5. The van der Waals surface area contributed by atoms with Gasteiger partial charge < -0.3 is 15.0 Å². The van der Waals surface area contributed by atoms with Crippen molar-refractivity contribution in [2.24, 2.45) is 0 Å². The molecule has 0 radical (unpaired) electrons. The lowest BCUT2D eigenvalue weighted by Crippen LogP contribution is -2.53. The summed E-state index contributed by atoms with van der Waals surface area (Å²) in [6.07, 6.45) is 1.04. The predicted octanol–water partition coefficient (Wildman–Crippen LogP) is 5.92. The van der Waals surface area contributed by atoms with E-state index in [1.807, 2.05) is 20.8 Å². The lowest BCUT2D eigenvalue weighted by atomic mass is 10.1. The maximum absolute atomic E-state index is 14.1. The zero-order valence-corrected chi connectivity index (χ0v) is 25.8. The molecule has 0 bridgehead atoms. The smallest absolute Gasteiger partial charge is 0.264 e. The molecular weight excluding hydrogens is 585 g/mol. The molecule has 1 N–H and O–H groups in total. The molecule has 3 aromatic carbocycles. The van der Waals surface area contributed by atoms with Crippen LogP contribution in [0.5, 0.6) is 5.75 Å². The van der Waals surface area contributed by atoms with Crippen molar-refractivity contribution in [3.8, 4) is 5.75 Å². The SMILES string of the molecule is CC[C@@H](C)NC(=O)[C@H](CC)N(Cc1ccc(OC)cc1)C(=O)CN(c1ccc(Cl)c(Cl)c1)S(=O)(=O)c1ccccc1. The molecule has 0 heterocycles. The van der Waals surface area contributed by atoms with Crippen LogP contribution in [-0.4, -0.2) is 50.9 Å². The zero-order chi connectivity index (χ0) is 30.2. The van der Waals surface area contributed by atoms with Crippen LogP contribution < -0.4 is 14.4 Å². The first kappa shape index (κ1) is 32.2. The van der Waals surface area contributed by atoms with Crippen molar-refractivity contribution < 1.29 is 22.7 Å². The Morgan fingerprint density at radius 1 is 0.927 bits per heavy atom. The number of amides is 2. The third-order valence-corrected chi connectivity index (χ3v) is 9.23. The van der Waals surface area contributed by atoms with Crippen molar-refractivity contribution in [3.63, 3.8) is 0 Å². The predicted molar refractivity (Wildman–Crippen MR) is 163 cm³/mol. The summed E-state index contributed by atoms with van der Waals surface area (Å²) in [4.78, 5) is 28.9. The van der Waals surface area contributed by atoms with Gasteiger partial charge in [0.2, 0.25) is 11.8 Å². The fourth-order valence-corrected chi connectivity index (χ4v) is 5.90. The minimum Gasteiger partial charge on any atom is -0.497 e. The highest BCUT2D eigenvalue weighted by molar-refractivity contribution is 7.92. The van der Waals surface area contributed by atoms with Gasteiger partial charge in [0.25, 0.3) is 10.0 Å². The number of carbonyl (C=O) groups excluding carboxylic acids is 2. The molecule has 220 valence electrons. The lowest BCUT2D eigenvalue weighted by Gasteiger charge is -2.33. The number of nitrogens with zero attached hydrogens (tertiary/aromatic N) is 2. The molecule has 0 aliphatic rings. The number of rotatable bonds is 13. The number of anilines is 1. The summed E-state index contributed by atoms with van der Waals surface area (Å²) >= 11 is 12.4. The minimum absolute atomic E-state index is 0.00197. The average Bonchev–Trinajstić information content (AvgIpc) is 2.97. The van der Waals surface area contributed by atoms with Gasteiger partial charge in [0.15, 0.2) is 0 Å². The molecule has 0 fully saturated rings. The second-order valence-corrected chi connectivity index (χ2v) is 12.2. The van der Waals surface area contributed by atoms with Gasteiger partial charge >= 0.3 is 0 Å². The average molecular weight is 621 g/mol. The van der Waals surface area contributed by atoms with Gasteiger partial charge in [-0.05, 0) is 67.8 Å². The van der Waals surface area contributed by atoms with Crippen molar-refractivity contribution in [2.45, 2.75) is 57.1 Å². The number of nitrogens with one attached hydrogen (secondary N) is 1. The van der Waals surface area contributed by atoms with Gasteiger partial charge in [-0.15, -0.1) is 0 Å². The number of carbonyl (C=O) groups is 2. The molecule has 0 unspecified atom stereocenters. The number of methoxy groups -OCH3 is 1. The summed E-state index contributed by atoms with van der Waals surface area (Å²) in [6, 6.07) is 18.4. The molecular formula is C30H35Cl2N3O5S. The van der Waals surface area contributed by atoms with Gasteiger partial charge in [0.1, 0.15) is 18.3 Å². The largest absolute Gasteiger partial charge is 0.497 e. The van der Waals surface area contributed by atoms with Crippen LogP contribution in [0.4, 0.5) is 5.69 Å². The monoisotopic (exact) mass is 619 g/mol. The Hall–Kier alpha value is -3.27. The Balaban J connectivity index is 2.06. The van der Waals surface area contributed by atoms with E-state index in [2.05, 4.69) is 5.32 Å². The first-order valence-electron chi connectivity index (χ1n) is 13.3. The Morgan fingerprint density at radius 3 is 2.15 bits per heavy atom. The van der Waals surface area contributed by atoms with Crippen molar-refractivity contribution in [1.29, 1.82) is 0 Å². The van der Waals surface area contributed by atoms with Crippen molar-refractivity contribution in [2.75, 3.05) is 18.0 Å². The molecule has 2 atom stereocenters. The first-order chi connectivity index (χ1) is 19.5. The summed E-state index contributed by atoms with van der Waals surface area (Å²) in [7, 11) is -2.65. The molecule has 0 saturated heterocycles. The van der Waals surface area contributed by atoms with Crippen molar-refractivity contribution in [3.05, 3.63) is 88.4 Å². The van der Waals surface area contributed by atoms with E-state index >= 15 is 0 Å². The quantitative estimate of drug-likeness (QED) is 0.256. The van der Waals surface area contributed by atoms with Crippen LogP contribution in [-0.2, 0) is 26.2 Å². The highest BCUT2D eigenvalue weighted by Crippen LogP contribution is 2.31. The fourth-order valence-electron chi connectivity index (χ4n) is 4.18. The number of hydrogen-bond acceptors (Lipinski definition) is 5. The van der Waals surface area contributed by atoms with E-state index in [0.717, 1.165) is 16.3 Å². The number of halogens is 2. The third kappa shape index (κ3) is 8.15. The molecule has 11 heteroatoms. The van der Waals surface area contributed by atoms with Gasteiger partial charge in [-0.3, -0.25) is 13.9 Å². The summed E-state index contributed by atoms with van der Waals surface area (Å²) in [5, 5.41) is 3.34. The minimum atomic E-state index is -4.20. The number of sulfonamides is 1. The van der Waals surface area contributed by atoms with Crippen LogP contribution in [0.3, 0.4) is 0 Å². The number of ether oxygens (including phenoxy) is 1. The van der Waals surface area contributed by atoms with Crippen LogP contribution in [0.2, 0.25) is 10.0 Å². The third-order valence-electron chi connectivity index (χ3n) is 6.70. The molecule has 8 nitrogen and oxygen atoms in total. The Morgan fingerprint density at radius 2 is 1.59 bits per heavy atom. The van der Waals surface area contributed by atoms with Gasteiger partial charge in [0.05, 0.1) is 27.7 Å². The maximum Gasteiger partial charge on any atom is 0.264 e.